The second-order valence-electron chi connectivity index (χ2n) is 5.04. The van der Waals surface area contributed by atoms with Gasteiger partial charge in [-0.3, -0.25) is 0 Å². The van der Waals surface area contributed by atoms with Gasteiger partial charge in [-0.15, -0.1) is 0 Å². The highest BCUT2D eigenvalue weighted by Gasteiger charge is 2.30. The Labute approximate surface area is 133 Å². The highest BCUT2D eigenvalue weighted by molar-refractivity contribution is 6.23. The van der Waals surface area contributed by atoms with Gasteiger partial charge < -0.3 is 14.6 Å². The van der Waals surface area contributed by atoms with Crippen LogP contribution in [0.15, 0.2) is 50.6 Å². The van der Waals surface area contributed by atoms with E-state index in [1.807, 2.05) is 49.2 Å². The molecule has 1 aromatic carbocycles. The molecule has 0 aliphatic carbocycles. The van der Waals surface area contributed by atoms with Gasteiger partial charge in [-0.1, -0.05) is 36.7 Å². The fourth-order valence-corrected chi connectivity index (χ4v) is 2.74. The number of alkyl halides is 1. The van der Waals surface area contributed by atoms with Gasteiger partial charge in [0.05, 0.1) is 5.56 Å². The van der Waals surface area contributed by atoms with E-state index in [-0.39, 0.29) is 5.88 Å². The fourth-order valence-electron chi connectivity index (χ4n) is 2.41. The van der Waals surface area contributed by atoms with E-state index in [9.17, 15) is 4.79 Å². The van der Waals surface area contributed by atoms with Gasteiger partial charge in [-0.05, 0) is 24.1 Å². The predicted molar refractivity (Wildman–Crippen MR) is 87.9 cm³/mol. The summed E-state index contributed by atoms with van der Waals surface area (Å²) in [5.74, 6) is 0.816. The van der Waals surface area contributed by atoms with Crippen molar-refractivity contribution in [1.82, 2.24) is 4.90 Å². The Hall–Kier alpha value is -2.27. The summed E-state index contributed by atoms with van der Waals surface area (Å²) in [5, 5.41) is 3.19. The second kappa shape index (κ2) is 5.85. The lowest BCUT2D eigenvalue weighted by Crippen LogP contribution is -2.37. The third-order valence-electron chi connectivity index (χ3n) is 3.60. The molecule has 1 aliphatic heterocycles. The number of guanidine groups is 1. The summed E-state index contributed by atoms with van der Waals surface area (Å²) in [7, 11) is 1.85. The molecule has 22 heavy (non-hydrogen) atoms. The van der Waals surface area contributed by atoms with Crippen molar-refractivity contribution in [2.75, 3.05) is 12.4 Å². The smallest absolute Gasteiger partial charge is 0.337 e. The Morgan fingerprint density at radius 3 is 2.77 bits per heavy atom. The largest absolute Gasteiger partial charge is 0.404 e. The SMILES string of the molecule is CCc1cc(=O)oc2c1C(Cl)N(C)C(Nc1ccccc1)=N2. The number of hydrogen-bond donors (Lipinski definition) is 1. The summed E-state index contributed by atoms with van der Waals surface area (Å²) in [6.45, 7) is 1.97. The zero-order valence-electron chi connectivity index (χ0n) is 12.3. The summed E-state index contributed by atoms with van der Waals surface area (Å²) in [4.78, 5) is 17.9. The van der Waals surface area contributed by atoms with Gasteiger partial charge in [0.1, 0.15) is 5.50 Å². The molecule has 2 aromatic rings. The standard InChI is InChI=1S/C16H16ClN3O2/c1-3-10-9-12(21)22-15-13(10)14(17)20(2)16(19-15)18-11-7-5-4-6-8-11/h4-9,14H,3H2,1-2H3,(H,18,19). The number of aryl methyl sites for hydroxylation is 1. The molecule has 2 heterocycles. The normalized spacial score (nSPS) is 17.0. The van der Waals surface area contributed by atoms with Crippen LogP contribution < -0.4 is 10.9 Å². The van der Waals surface area contributed by atoms with Crippen LogP contribution in [-0.2, 0) is 6.42 Å². The van der Waals surface area contributed by atoms with E-state index in [1.165, 1.54) is 6.07 Å². The monoisotopic (exact) mass is 317 g/mol. The number of nitrogens with zero attached hydrogens (tertiary/aromatic N) is 2. The number of para-hydroxylation sites is 1. The molecule has 0 bridgehead atoms. The van der Waals surface area contributed by atoms with E-state index in [1.54, 1.807) is 0 Å². The first-order chi connectivity index (χ1) is 10.6. The lowest BCUT2D eigenvalue weighted by atomic mass is 10.1. The van der Waals surface area contributed by atoms with Crippen molar-refractivity contribution in [2.45, 2.75) is 18.8 Å². The molecule has 1 N–H and O–H groups in total. The van der Waals surface area contributed by atoms with Gasteiger partial charge in [-0.2, -0.15) is 4.99 Å². The van der Waals surface area contributed by atoms with Crippen LogP contribution in [-0.4, -0.2) is 17.9 Å². The van der Waals surface area contributed by atoms with Gasteiger partial charge in [0.25, 0.3) is 0 Å². The molecule has 1 aromatic heterocycles. The number of halogens is 1. The van der Waals surface area contributed by atoms with E-state index in [0.29, 0.717) is 12.4 Å². The van der Waals surface area contributed by atoms with Crippen LogP contribution in [0, 0.1) is 0 Å². The van der Waals surface area contributed by atoms with Crippen molar-refractivity contribution < 1.29 is 4.42 Å². The first kappa shape index (κ1) is 14.7. The maximum Gasteiger partial charge on any atom is 0.337 e. The van der Waals surface area contributed by atoms with Crippen LogP contribution in [0.25, 0.3) is 0 Å². The molecule has 6 heteroatoms. The maximum absolute atomic E-state index is 11.7. The van der Waals surface area contributed by atoms with Gasteiger partial charge in [0.15, 0.2) is 0 Å². The average molecular weight is 318 g/mol. The molecular formula is C16H16ClN3O2. The summed E-state index contributed by atoms with van der Waals surface area (Å²) >= 11 is 6.54. The van der Waals surface area contributed by atoms with E-state index in [4.69, 9.17) is 16.0 Å². The Balaban J connectivity index is 2.06. The van der Waals surface area contributed by atoms with Crippen molar-refractivity contribution in [3.05, 3.63) is 57.9 Å². The van der Waals surface area contributed by atoms with Crippen LogP contribution in [0.4, 0.5) is 11.6 Å². The molecule has 0 spiro atoms. The Morgan fingerprint density at radius 1 is 1.36 bits per heavy atom. The lowest BCUT2D eigenvalue weighted by molar-refractivity contribution is 0.432. The third-order valence-corrected chi connectivity index (χ3v) is 4.11. The molecule has 5 nitrogen and oxygen atoms in total. The molecule has 3 rings (SSSR count). The summed E-state index contributed by atoms with van der Waals surface area (Å²) < 4.78 is 5.23. The van der Waals surface area contributed by atoms with Crippen LogP contribution >= 0.6 is 11.6 Å². The highest BCUT2D eigenvalue weighted by atomic mass is 35.5. The minimum absolute atomic E-state index is 0.279. The van der Waals surface area contributed by atoms with Gasteiger partial charge >= 0.3 is 5.63 Å². The second-order valence-corrected chi connectivity index (χ2v) is 5.45. The molecule has 114 valence electrons. The van der Waals surface area contributed by atoms with E-state index < -0.39 is 11.1 Å². The van der Waals surface area contributed by atoms with Crippen LogP contribution in [0.5, 0.6) is 0 Å². The topological polar surface area (TPSA) is 57.8 Å². The number of rotatable bonds is 2. The number of aliphatic imine (C=N–C) groups is 1. The summed E-state index contributed by atoms with van der Waals surface area (Å²) in [5.41, 5.74) is 1.64. The number of benzene rings is 1. The van der Waals surface area contributed by atoms with Crippen molar-refractivity contribution in [3.8, 4) is 0 Å². The molecule has 1 unspecified atom stereocenters. The van der Waals surface area contributed by atoms with Gasteiger partial charge in [0, 0.05) is 18.8 Å². The number of hydrogen-bond acceptors (Lipinski definition) is 5. The number of nitrogens with one attached hydrogen (secondary N) is 1. The summed E-state index contributed by atoms with van der Waals surface area (Å²) in [6, 6.07) is 11.1. The number of fused-ring (bicyclic) bond motifs is 1. The van der Waals surface area contributed by atoms with Gasteiger partial charge in [0.2, 0.25) is 11.8 Å². The molecule has 1 aliphatic rings. The highest BCUT2D eigenvalue weighted by Crippen LogP contribution is 2.38. The molecule has 0 amide bonds. The average Bonchev–Trinajstić information content (AvgIpc) is 2.52. The van der Waals surface area contributed by atoms with Crippen LogP contribution in [0.3, 0.4) is 0 Å². The fraction of sp³-hybridized carbons (Fsp3) is 0.250. The molecule has 0 radical (unpaired) electrons. The minimum atomic E-state index is -0.446. The van der Waals surface area contributed by atoms with E-state index >= 15 is 0 Å². The van der Waals surface area contributed by atoms with Gasteiger partial charge in [-0.25, -0.2) is 4.79 Å². The zero-order chi connectivity index (χ0) is 15.7. The molecule has 0 saturated heterocycles. The van der Waals surface area contributed by atoms with Crippen LogP contribution in [0.2, 0.25) is 0 Å². The lowest BCUT2D eigenvalue weighted by Gasteiger charge is -2.31. The first-order valence-corrected chi connectivity index (χ1v) is 7.48. The van der Waals surface area contributed by atoms with Crippen molar-refractivity contribution in [3.63, 3.8) is 0 Å². The molecule has 0 saturated carbocycles. The number of anilines is 1. The van der Waals surface area contributed by atoms with Crippen molar-refractivity contribution >= 4 is 29.1 Å². The van der Waals surface area contributed by atoms with E-state index in [0.717, 1.165) is 16.8 Å². The van der Waals surface area contributed by atoms with Crippen molar-refractivity contribution in [2.24, 2.45) is 4.99 Å². The molecule has 1 atom stereocenters. The minimum Gasteiger partial charge on any atom is -0.404 e. The van der Waals surface area contributed by atoms with Crippen molar-refractivity contribution in [1.29, 1.82) is 0 Å². The van der Waals surface area contributed by atoms with Crippen LogP contribution in [0.1, 0.15) is 23.6 Å². The summed E-state index contributed by atoms with van der Waals surface area (Å²) in [6.07, 6.45) is 0.696. The van der Waals surface area contributed by atoms with E-state index in [2.05, 4.69) is 10.3 Å². The molecule has 0 fully saturated rings. The maximum atomic E-state index is 11.7. The Kier molecular flexibility index (Phi) is 3.90. The molecular weight excluding hydrogens is 302 g/mol. The quantitative estimate of drug-likeness (QED) is 0.680. The third kappa shape index (κ3) is 2.60. The zero-order valence-corrected chi connectivity index (χ0v) is 13.1. The Morgan fingerprint density at radius 2 is 2.09 bits per heavy atom. The first-order valence-electron chi connectivity index (χ1n) is 7.04. The Bertz CT molecular complexity index is 771. The predicted octanol–water partition coefficient (Wildman–Crippen LogP) is 3.48.